The summed E-state index contributed by atoms with van der Waals surface area (Å²) in [6.45, 7) is 12.3. The van der Waals surface area contributed by atoms with Gasteiger partial charge in [-0.05, 0) is 96.9 Å². The highest BCUT2D eigenvalue weighted by molar-refractivity contribution is 5.29. The summed E-state index contributed by atoms with van der Waals surface area (Å²) in [5.41, 5.74) is 1.77. The second kappa shape index (κ2) is 7.97. The predicted octanol–water partition coefficient (Wildman–Crippen LogP) is 6.36. The van der Waals surface area contributed by atoms with Crippen molar-refractivity contribution in [2.24, 2.45) is 46.3 Å². The van der Waals surface area contributed by atoms with E-state index in [1.807, 2.05) is 6.08 Å². The van der Waals surface area contributed by atoms with Crippen molar-refractivity contribution in [3.63, 3.8) is 0 Å². The van der Waals surface area contributed by atoms with Crippen molar-refractivity contribution in [2.75, 3.05) is 0 Å². The summed E-state index contributed by atoms with van der Waals surface area (Å²) in [4.78, 5) is 0. The number of rotatable bonds is 5. The second-order valence-corrected chi connectivity index (χ2v) is 12.3. The van der Waals surface area contributed by atoms with E-state index in [1.54, 1.807) is 0 Å². The first-order valence-corrected chi connectivity index (χ1v) is 12.7. The number of aliphatic hydroxyl groups is 2. The summed E-state index contributed by atoms with van der Waals surface area (Å²) >= 11 is 0. The molecule has 0 aliphatic heterocycles. The van der Waals surface area contributed by atoms with Crippen molar-refractivity contribution >= 4 is 0 Å². The molecule has 0 aromatic heterocycles. The summed E-state index contributed by atoms with van der Waals surface area (Å²) in [6, 6.07) is 0. The Morgan fingerprint density at radius 3 is 2.45 bits per heavy atom. The molecule has 2 N–H and O–H groups in total. The Kier molecular flexibility index (Phi) is 6.01. The van der Waals surface area contributed by atoms with Crippen LogP contribution in [0.15, 0.2) is 11.6 Å². The van der Waals surface area contributed by atoms with Crippen LogP contribution >= 0.6 is 0 Å². The number of fused-ring (bicyclic) bond motifs is 5. The standard InChI is InChI=1S/C27H46O2/c1-17(2)7-6-8-18(3)21-9-10-22-20-16-25(29)24-15-19(28)11-13-27(24,5)23(20)12-14-26(21,22)4/h15,17-23,25,28-29H,6-14,16H2,1-5H3/t18-,19+,20-,21+,22-,23-,25+,26+,27+/m0/s1. The third-order valence-electron chi connectivity index (χ3n) is 10.3. The van der Waals surface area contributed by atoms with Crippen LogP contribution in [0.2, 0.25) is 0 Å². The highest BCUT2D eigenvalue weighted by Gasteiger charge is 2.60. The van der Waals surface area contributed by atoms with Gasteiger partial charge in [0.05, 0.1) is 12.2 Å². The van der Waals surface area contributed by atoms with Crippen molar-refractivity contribution in [2.45, 2.75) is 111 Å². The van der Waals surface area contributed by atoms with Crippen molar-refractivity contribution in [1.82, 2.24) is 0 Å². The normalized spacial score (nSPS) is 47.9. The monoisotopic (exact) mass is 402 g/mol. The lowest BCUT2D eigenvalue weighted by Crippen LogP contribution is -2.54. The third kappa shape index (κ3) is 3.65. The van der Waals surface area contributed by atoms with Crippen molar-refractivity contribution < 1.29 is 10.2 Å². The molecule has 3 saturated carbocycles. The molecular formula is C27H46O2. The average molecular weight is 403 g/mol. The van der Waals surface area contributed by atoms with Gasteiger partial charge in [0, 0.05) is 0 Å². The van der Waals surface area contributed by atoms with Gasteiger partial charge in [-0.2, -0.15) is 0 Å². The van der Waals surface area contributed by atoms with E-state index in [0.29, 0.717) is 17.3 Å². The molecule has 4 aliphatic carbocycles. The zero-order chi connectivity index (χ0) is 21.0. The van der Waals surface area contributed by atoms with Crippen LogP contribution in [0, 0.1) is 46.3 Å². The smallest absolute Gasteiger partial charge is 0.0759 e. The molecule has 0 saturated heterocycles. The quantitative estimate of drug-likeness (QED) is 0.525. The summed E-state index contributed by atoms with van der Waals surface area (Å²) in [7, 11) is 0. The Morgan fingerprint density at radius 1 is 0.966 bits per heavy atom. The molecular weight excluding hydrogens is 356 g/mol. The summed E-state index contributed by atoms with van der Waals surface area (Å²) < 4.78 is 0. The zero-order valence-electron chi connectivity index (χ0n) is 19.7. The van der Waals surface area contributed by atoms with E-state index in [4.69, 9.17) is 0 Å². The van der Waals surface area contributed by atoms with Crippen LogP contribution in [0.5, 0.6) is 0 Å². The lowest BCUT2D eigenvalue weighted by atomic mass is 9.46. The van der Waals surface area contributed by atoms with Crippen molar-refractivity contribution in [3.8, 4) is 0 Å². The maximum absolute atomic E-state index is 11.1. The maximum atomic E-state index is 11.1. The van der Waals surface area contributed by atoms with E-state index in [2.05, 4.69) is 34.6 Å². The minimum atomic E-state index is -0.347. The highest BCUT2D eigenvalue weighted by atomic mass is 16.3. The van der Waals surface area contributed by atoms with E-state index in [0.717, 1.165) is 42.9 Å². The van der Waals surface area contributed by atoms with Gasteiger partial charge in [0.2, 0.25) is 0 Å². The number of hydrogen-bond acceptors (Lipinski definition) is 2. The van der Waals surface area contributed by atoms with Crippen LogP contribution in [0.25, 0.3) is 0 Å². The molecule has 3 fully saturated rings. The van der Waals surface area contributed by atoms with E-state index >= 15 is 0 Å². The zero-order valence-corrected chi connectivity index (χ0v) is 19.7. The predicted molar refractivity (Wildman–Crippen MR) is 120 cm³/mol. The molecule has 4 aliphatic rings. The van der Waals surface area contributed by atoms with Crippen molar-refractivity contribution in [3.05, 3.63) is 11.6 Å². The molecule has 0 aromatic rings. The van der Waals surface area contributed by atoms with Gasteiger partial charge in [-0.15, -0.1) is 0 Å². The average Bonchev–Trinajstić information content (AvgIpc) is 3.00. The highest BCUT2D eigenvalue weighted by Crippen LogP contribution is 2.67. The summed E-state index contributed by atoms with van der Waals surface area (Å²) in [5.74, 6) is 4.70. The summed E-state index contributed by atoms with van der Waals surface area (Å²) in [5, 5.41) is 21.3. The van der Waals surface area contributed by atoms with Crippen LogP contribution in [0.4, 0.5) is 0 Å². The van der Waals surface area contributed by atoms with Gasteiger partial charge >= 0.3 is 0 Å². The molecule has 9 atom stereocenters. The van der Waals surface area contributed by atoms with Gasteiger partial charge in [0.25, 0.3) is 0 Å². The Hall–Kier alpha value is -0.340. The SMILES string of the molecule is CC(C)CCC[C@H](C)[C@H]1CC[C@H]2[C@@H]3C[C@@H](O)C4=C[C@H](O)CC[C@]4(C)[C@H]3CC[C@]12C. The molecule has 0 spiro atoms. The molecule has 0 aromatic carbocycles. The Labute approximate surface area is 179 Å². The van der Waals surface area contributed by atoms with Gasteiger partial charge in [0.15, 0.2) is 0 Å². The molecule has 0 unspecified atom stereocenters. The third-order valence-corrected chi connectivity index (χ3v) is 10.3. The lowest BCUT2D eigenvalue weighted by Gasteiger charge is -2.60. The van der Waals surface area contributed by atoms with Crippen LogP contribution in [-0.2, 0) is 0 Å². The molecule has 2 heteroatoms. The van der Waals surface area contributed by atoms with E-state index < -0.39 is 0 Å². The van der Waals surface area contributed by atoms with E-state index in [1.165, 1.54) is 50.5 Å². The molecule has 0 amide bonds. The van der Waals surface area contributed by atoms with Gasteiger partial charge in [-0.1, -0.05) is 60.0 Å². The Bertz CT molecular complexity index is 624. The van der Waals surface area contributed by atoms with Gasteiger partial charge < -0.3 is 10.2 Å². The molecule has 2 nitrogen and oxygen atoms in total. The molecule has 0 heterocycles. The molecule has 166 valence electrons. The van der Waals surface area contributed by atoms with Crippen LogP contribution in [0.1, 0.15) is 98.8 Å². The van der Waals surface area contributed by atoms with E-state index in [-0.39, 0.29) is 17.6 Å². The number of aliphatic hydroxyl groups excluding tert-OH is 2. The second-order valence-electron chi connectivity index (χ2n) is 12.3. The first-order chi connectivity index (χ1) is 13.7. The van der Waals surface area contributed by atoms with Gasteiger partial charge in [-0.3, -0.25) is 0 Å². The Morgan fingerprint density at radius 2 is 1.72 bits per heavy atom. The molecule has 29 heavy (non-hydrogen) atoms. The first-order valence-electron chi connectivity index (χ1n) is 12.7. The summed E-state index contributed by atoms with van der Waals surface area (Å²) in [6.07, 6.45) is 13.8. The van der Waals surface area contributed by atoms with Gasteiger partial charge in [-0.25, -0.2) is 0 Å². The molecule has 0 bridgehead atoms. The topological polar surface area (TPSA) is 40.5 Å². The molecule has 0 radical (unpaired) electrons. The maximum Gasteiger partial charge on any atom is 0.0759 e. The minimum Gasteiger partial charge on any atom is -0.389 e. The largest absolute Gasteiger partial charge is 0.389 e. The Balaban J connectivity index is 1.52. The van der Waals surface area contributed by atoms with Crippen LogP contribution in [0.3, 0.4) is 0 Å². The van der Waals surface area contributed by atoms with E-state index in [9.17, 15) is 10.2 Å². The van der Waals surface area contributed by atoms with Gasteiger partial charge in [0.1, 0.15) is 0 Å². The first kappa shape index (κ1) is 21.9. The van der Waals surface area contributed by atoms with Crippen LogP contribution in [-0.4, -0.2) is 22.4 Å². The minimum absolute atomic E-state index is 0.115. The fourth-order valence-electron chi connectivity index (χ4n) is 8.78. The van der Waals surface area contributed by atoms with Crippen LogP contribution < -0.4 is 0 Å². The lowest BCUT2D eigenvalue weighted by molar-refractivity contribution is -0.0874. The fraction of sp³-hybridized carbons (Fsp3) is 0.926. The molecule has 4 rings (SSSR count). The van der Waals surface area contributed by atoms with Crippen molar-refractivity contribution in [1.29, 1.82) is 0 Å². The number of hydrogen-bond donors (Lipinski definition) is 2. The fourth-order valence-corrected chi connectivity index (χ4v) is 8.78.